The molecule has 7 rings (SSSR count). The van der Waals surface area contributed by atoms with Crippen LogP contribution in [0.1, 0.15) is 42.1 Å². The van der Waals surface area contributed by atoms with Crippen molar-refractivity contribution in [2.75, 3.05) is 82.9 Å². The van der Waals surface area contributed by atoms with Crippen LogP contribution in [0.15, 0.2) is 95.9 Å². The Hall–Kier alpha value is -5.38. The Morgan fingerprint density at radius 2 is 1.84 bits per heavy atom. The summed E-state index contributed by atoms with van der Waals surface area (Å²) in [6.07, 6.45) is 3.92. The number of hydrogen-bond donors (Lipinski definition) is 5. The monoisotopic (exact) mass is 790 g/mol. The quantitative estimate of drug-likeness (QED) is 0.0846. The molecule has 14 nitrogen and oxygen atoms in total. The number of piperidine rings is 1. The summed E-state index contributed by atoms with van der Waals surface area (Å²) in [7, 11) is 1.76. The second kappa shape index (κ2) is 19.4. The summed E-state index contributed by atoms with van der Waals surface area (Å²) in [5.74, 6) is 1.45. The Bertz CT molecular complexity index is 2180. The largest absolute Gasteiger partial charge is 0.506 e. The Morgan fingerprint density at radius 3 is 2.69 bits per heavy atom. The van der Waals surface area contributed by atoms with Gasteiger partial charge in [-0.3, -0.25) is 14.5 Å². The number of nitrogens with one attached hydrogen (secondary N) is 3. The first-order valence-corrected chi connectivity index (χ1v) is 20.1. The molecule has 2 saturated heterocycles. The van der Waals surface area contributed by atoms with Crippen LogP contribution in [0.4, 0.5) is 17.5 Å². The van der Waals surface area contributed by atoms with E-state index in [4.69, 9.17) is 14.5 Å². The van der Waals surface area contributed by atoms with Gasteiger partial charge in [0.05, 0.1) is 50.0 Å². The normalized spacial score (nSPS) is 16.1. The second-order valence-electron chi connectivity index (χ2n) is 15.2. The SMILES string of the molecule is CN(CCNC[C@H](O)c1ccc(O)c2[nH]c(=O)ccc12)C(=O)CCOCCc1cccc(CN2CCC3(CC2)CN(c2nccc(Nc4ccccc4)n2)CCO3)c1. The standard InChI is InChI=1S/C44H54N8O6/c1-50(23-20-45-29-38(54)35-10-12-37(53)42-36(35)11-13-40(55)49-42)41(56)16-26-57-25-15-32-6-5-7-33(28-32)30-51-21-17-44(18-22-51)31-52(24-27-58-44)43-46-19-14-39(48-43)47-34-8-3-2-4-9-34/h2-14,19,28,38,45,53-54H,15-18,20-27,29-31H2,1H3,(H,49,55)(H,46,47,48)/t38-/m0/s1. The number of likely N-dealkylation sites (N-methyl/N-ethyl adjacent to an activating group) is 1. The van der Waals surface area contributed by atoms with Gasteiger partial charge < -0.3 is 45.1 Å². The Labute approximate surface area is 338 Å². The van der Waals surface area contributed by atoms with E-state index >= 15 is 0 Å². The van der Waals surface area contributed by atoms with E-state index in [1.54, 1.807) is 24.1 Å². The molecule has 0 aliphatic carbocycles. The molecule has 5 N–H and O–H groups in total. The maximum absolute atomic E-state index is 12.7. The third-order valence-corrected chi connectivity index (χ3v) is 11.0. The van der Waals surface area contributed by atoms with Gasteiger partial charge in [0, 0.05) is 76.2 Å². The number of nitrogens with zero attached hydrogens (tertiary/aromatic N) is 5. The molecule has 1 amide bonds. The van der Waals surface area contributed by atoms with Gasteiger partial charge in [-0.05, 0) is 66.3 Å². The van der Waals surface area contributed by atoms with Gasteiger partial charge in [-0.2, -0.15) is 4.98 Å². The summed E-state index contributed by atoms with van der Waals surface area (Å²) in [5, 5.41) is 28.0. The number of ether oxygens (including phenoxy) is 2. The zero-order valence-corrected chi connectivity index (χ0v) is 33.1. The van der Waals surface area contributed by atoms with E-state index in [1.807, 2.05) is 42.6 Å². The van der Waals surface area contributed by atoms with Crippen molar-refractivity contribution in [1.29, 1.82) is 0 Å². The minimum atomic E-state index is -0.861. The number of aromatic amines is 1. The van der Waals surface area contributed by atoms with E-state index in [0.717, 1.165) is 69.4 Å². The van der Waals surface area contributed by atoms with Crippen LogP contribution in [0.3, 0.4) is 0 Å². The number of carbonyl (C=O) groups is 1. The lowest BCUT2D eigenvalue weighted by molar-refractivity contribution is -0.131. The van der Waals surface area contributed by atoms with E-state index in [2.05, 4.69) is 54.7 Å². The number of H-pyrrole nitrogens is 1. The van der Waals surface area contributed by atoms with E-state index in [9.17, 15) is 19.8 Å². The van der Waals surface area contributed by atoms with E-state index < -0.39 is 6.10 Å². The van der Waals surface area contributed by atoms with Crippen LogP contribution in [0, 0.1) is 0 Å². The number of pyridine rings is 1. The number of phenols is 1. The highest BCUT2D eigenvalue weighted by Crippen LogP contribution is 2.33. The number of rotatable bonds is 17. The second-order valence-corrected chi connectivity index (χ2v) is 15.2. The topological polar surface area (TPSA) is 168 Å². The average Bonchev–Trinajstić information content (AvgIpc) is 3.24. The van der Waals surface area contributed by atoms with E-state index in [-0.39, 0.29) is 29.4 Å². The number of aromatic hydroxyl groups is 1. The summed E-state index contributed by atoms with van der Waals surface area (Å²) in [4.78, 5) is 42.9. The number of phenolic OH excluding ortho intramolecular Hbond substituents is 1. The summed E-state index contributed by atoms with van der Waals surface area (Å²) in [6.45, 7) is 7.11. The van der Waals surface area contributed by atoms with Gasteiger partial charge in [0.2, 0.25) is 17.4 Å². The van der Waals surface area contributed by atoms with Gasteiger partial charge in [-0.25, -0.2) is 4.98 Å². The molecule has 2 aliphatic heterocycles. The van der Waals surface area contributed by atoms with E-state index in [1.165, 1.54) is 23.3 Å². The molecule has 5 aromatic rings. The van der Waals surface area contributed by atoms with Crippen LogP contribution in [0.25, 0.3) is 10.9 Å². The molecule has 1 atom stereocenters. The van der Waals surface area contributed by atoms with Gasteiger partial charge in [-0.1, -0.05) is 48.5 Å². The van der Waals surface area contributed by atoms with Crippen molar-refractivity contribution in [3.63, 3.8) is 0 Å². The highest BCUT2D eigenvalue weighted by atomic mass is 16.5. The molecule has 0 unspecified atom stereocenters. The number of hydrogen-bond acceptors (Lipinski definition) is 12. The molecule has 4 heterocycles. The summed E-state index contributed by atoms with van der Waals surface area (Å²) < 4.78 is 12.3. The third kappa shape index (κ3) is 10.8. The lowest BCUT2D eigenvalue weighted by Gasteiger charge is -2.47. The Morgan fingerprint density at radius 1 is 1.02 bits per heavy atom. The van der Waals surface area contributed by atoms with Gasteiger partial charge in [0.1, 0.15) is 11.6 Å². The van der Waals surface area contributed by atoms with Crippen molar-refractivity contribution in [2.24, 2.45) is 0 Å². The molecule has 306 valence electrons. The van der Waals surface area contributed by atoms with Gasteiger partial charge in [-0.15, -0.1) is 0 Å². The number of carbonyl (C=O) groups excluding carboxylic acids is 1. The molecule has 1 spiro atoms. The summed E-state index contributed by atoms with van der Waals surface area (Å²) >= 11 is 0. The maximum atomic E-state index is 12.7. The number of anilines is 3. The molecule has 2 fully saturated rings. The number of fused-ring (bicyclic) bond motifs is 1. The lowest BCUT2D eigenvalue weighted by Crippen LogP contribution is -2.57. The highest BCUT2D eigenvalue weighted by molar-refractivity contribution is 5.87. The summed E-state index contributed by atoms with van der Waals surface area (Å²) in [5.41, 5.74) is 3.84. The molecule has 2 aliphatic rings. The van der Waals surface area contributed by atoms with Crippen LogP contribution >= 0.6 is 0 Å². The smallest absolute Gasteiger partial charge is 0.248 e. The first-order valence-electron chi connectivity index (χ1n) is 20.1. The van der Waals surface area contributed by atoms with Crippen molar-refractivity contribution in [2.45, 2.75) is 43.9 Å². The number of aliphatic hydroxyl groups is 1. The number of aliphatic hydroxyl groups excluding tert-OH is 1. The molecule has 0 bridgehead atoms. The predicted molar refractivity (Wildman–Crippen MR) is 224 cm³/mol. The number of morpholine rings is 1. The van der Waals surface area contributed by atoms with Crippen LogP contribution in [-0.2, 0) is 27.2 Å². The number of aromatic nitrogens is 3. The van der Waals surface area contributed by atoms with Gasteiger partial charge in [0.25, 0.3) is 0 Å². The lowest BCUT2D eigenvalue weighted by atomic mass is 9.89. The van der Waals surface area contributed by atoms with Crippen LogP contribution in [-0.4, -0.2) is 119 Å². The third-order valence-electron chi connectivity index (χ3n) is 11.0. The molecule has 0 radical (unpaired) electrons. The highest BCUT2D eigenvalue weighted by Gasteiger charge is 2.40. The molecular weight excluding hydrogens is 737 g/mol. The average molecular weight is 791 g/mol. The van der Waals surface area contributed by atoms with Crippen molar-refractivity contribution in [1.82, 2.24) is 30.1 Å². The Balaban J connectivity index is 0.779. The molecule has 3 aromatic carbocycles. The molecule has 14 heteroatoms. The fraction of sp³-hybridized carbons (Fsp3) is 0.409. The number of para-hydroxylation sites is 1. The first kappa shape index (κ1) is 40.8. The number of benzene rings is 3. The molecule has 0 saturated carbocycles. The van der Waals surface area contributed by atoms with Crippen LogP contribution in [0.2, 0.25) is 0 Å². The minimum Gasteiger partial charge on any atom is -0.506 e. The summed E-state index contributed by atoms with van der Waals surface area (Å²) in [6, 6.07) is 26.7. The minimum absolute atomic E-state index is 0.00820. The zero-order valence-electron chi connectivity index (χ0n) is 33.1. The molecule has 2 aromatic heterocycles. The van der Waals surface area contributed by atoms with Gasteiger partial charge >= 0.3 is 0 Å². The fourth-order valence-electron chi connectivity index (χ4n) is 7.73. The van der Waals surface area contributed by atoms with Crippen molar-refractivity contribution < 1.29 is 24.5 Å². The first-order chi connectivity index (χ1) is 28.2. The Kier molecular flexibility index (Phi) is 13.6. The zero-order chi connectivity index (χ0) is 40.3. The van der Waals surface area contributed by atoms with Crippen LogP contribution in [0.5, 0.6) is 5.75 Å². The van der Waals surface area contributed by atoms with Crippen molar-refractivity contribution in [3.8, 4) is 5.75 Å². The molecular formula is C44H54N8O6. The van der Waals surface area contributed by atoms with E-state index in [0.29, 0.717) is 55.8 Å². The van der Waals surface area contributed by atoms with Crippen molar-refractivity contribution in [3.05, 3.63) is 118 Å². The fourth-order valence-corrected chi connectivity index (χ4v) is 7.73. The predicted octanol–water partition coefficient (Wildman–Crippen LogP) is 4.37. The maximum Gasteiger partial charge on any atom is 0.248 e. The molecule has 58 heavy (non-hydrogen) atoms. The van der Waals surface area contributed by atoms with Gasteiger partial charge in [0.15, 0.2) is 0 Å². The number of likely N-dealkylation sites (tertiary alicyclic amines) is 1. The number of amides is 1. The van der Waals surface area contributed by atoms with Crippen LogP contribution < -0.4 is 21.1 Å². The van der Waals surface area contributed by atoms with Crippen molar-refractivity contribution >= 4 is 34.3 Å².